The van der Waals surface area contributed by atoms with Crippen molar-refractivity contribution in [3.63, 3.8) is 0 Å². The fourth-order valence-corrected chi connectivity index (χ4v) is 4.32. The molecule has 184 valence electrons. The summed E-state index contributed by atoms with van der Waals surface area (Å²) in [5.41, 5.74) is 1.48. The molecule has 2 amide bonds. The molecule has 0 saturated carbocycles. The van der Waals surface area contributed by atoms with Crippen LogP contribution < -0.4 is 5.32 Å². The third-order valence-corrected chi connectivity index (χ3v) is 6.40. The summed E-state index contributed by atoms with van der Waals surface area (Å²) in [6.45, 7) is 9.10. The molecule has 1 aromatic heterocycles. The van der Waals surface area contributed by atoms with Crippen molar-refractivity contribution >= 4 is 11.9 Å². The molecule has 0 unspecified atom stereocenters. The fraction of sp³-hybridized carbons (Fsp3) is 0.542. The first-order valence-corrected chi connectivity index (χ1v) is 11.5. The predicted molar refractivity (Wildman–Crippen MR) is 122 cm³/mol. The molecule has 34 heavy (non-hydrogen) atoms. The minimum Gasteiger partial charge on any atom is -0.376 e. The molecule has 1 N–H and O–H groups in total. The molecule has 3 heterocycles. The Bertz CT molecular complexity index is 1090. The van der Waals surface area contributed by atoms with E-state index >= 15 is 0 Å². The van der Waals surface area contributed by atoms with Crippen molar-refractivity contribution in [3.8, 4) is 11.3 Å². The SMILES string of the molecule is CN1CCN(C(=O)[C@@H](NC(=O)n2nc(-c3ccc(F)c(F)c3)c3c2CCOC3)C(C)(C)C)CC1. The number of benzene rings is 1. The summed E-state index contributed by atoms with van der Waals surface area (Å²) >= 11 is 0. The number of nitrogens with one attached hydrogen (secondary N) is 1. The van der Waals surface area contributed by atoms with Gasteiger partial charge in [0.25, 0.3) is 0 Å². The zero-order chi connectivity index (χ0) is 24.6. The van der Waals surface area contributed by atoms with Gasteiger partial charge < -0.3 is 19.9 Å². The second-order valence-corrected chi connectivity index (χ2v) is 9.99. The van der Waals surface area contributed by atoms with E-state index in [1.807, 2.05) is 27.8 Å². The van der Waals surface area contributed by atoms with Crippen LogP contribution in [0.5, 0.6) is 0 Å². The van der Waals surface area contributed by atoms with Crippen LogP contribution >= 0.6 is 0 Å². The van der Waals surface area contributed by atoms with E-state index in [1.165, 1.54) is 10.7 Å². The number of aromatic nitrogens is 2. The number of halogens is 2. The first kappa shape index (κ1) is 24.3. The number of amides is 2. The van der Waals surface area contributed by atoms with Crippen LogP contribution in [0.1, 0.15) is 32.0 Å². The standard InChI is InChI=1S/C24H31F2N5O3/c1-24(2,3)21(22(32)30-10-8-29(4)9-11-30)27-23(33)31-19-7-12-34-14-16(19)20(28-31)15-5-6-17(25)18(26)13-15/h5-6,13,21H,7-12,14H2,1-4H3,(H,27,33)/t21-/m1/s1. The van der Waals surface area contributed by atoms with Crippen LogP contribution in [0.2, 0.25) is 0 Å². The molecule has 10 heteroatoms. The van der Waals surface area contributed by atoms with Gasteiger partial charge in [-0.05, 0) is 30.7 Å². The monoisotopic (exact) mass is 475 g/mol. The zero-order valence-electron chi connectivity index (χ0n) is 20.0. The van der Waals surface area contributed by atoms with Crippen molar-refractivity contribution < 1.29 is 23.1 Å². The van der Waals surface area contributed by atoms with Gasteiger partial charge in [0.05, 0.1) is 24.6 Å². The van der Waals surface area contributed by atoms with Gasteiger partial charge in [-0.2, -0.15) is 9.78 Å². The van der Waals surface area contributed by atoms with Crippen molar-refractivity contribution in [1.82, 2.24) is 24.9 Å². The normalized spacial score (nSPS) is 17.9. The molecule has 1 atom stereocenters. The van der Waals surface area contributed by atoms with Gasteiger partial charge in [0.2, 0.25) is 5.91 Å². The number of likely N-dealkylation sites (N-methyl/N-ethyl adjacent to an activating group) is 1. The minimum atomic E-state index is -0.993. The van der Waals surface area contributed by atoms with Gasteiger partial charge >= 0.3 is 6.03 Å². The van der Waals surface area contributed by atoms with Crippen molar-refractivity contribution in [3.05, 3.63) is 41.1 Å². The molecular weight excluding hydrogens is 444 g/mol. The van der Waals surface area contributed by atoms with E-state index in [0.717, 1.165) is 25.2 Å². The highest BCUT2D eigenvalue weighted by molar-refractivity contribution is 5.89. The molecule has 2 aromatic rings. The van der Waals surface area contributed by atoms with Crippen LogP contribution in [0.3, 0.4) is 0 Å². The van der Waals surface area contributed by atoms with Gasteiger partial charge in [-0.1, -0.05) is 20.8 Å². The Morgan fingerprint density at radius 1 is 1.12 bits per heavy atom. The third-order valence-electron chi connectivity index (χ3n) is 6.40. The van der Waals surface area contributed by atoms with E-state index in [2.05, 4.69) is 15.3 Å². The van der Waals surface area contributed by atoms with Crippen LogP contribution in [0.4, 0.5) is 13.6 Å². The lowest BCUT2D eigenvalue weighted by atomic mass is 9.85. The highest BCUT2D eigenvalue weighted by Gasteiger charge is 2.37. The van der Waals surface area contributed by atoms with Crippen LogP contribution in [0, 0.1) is 17.0 Å². The van der Waals surface area contributed by atoms with Crippen LogP contribution in [-0.4, -0.2) is 77.4 Å². The summed E-state index contributed by atoms with van der Waals surface area (Å²) in [5, 5.41) is 7.35. The number of piperazine rings is 1. The molecule has 0 spiro atoms. The Morgan fingerprint density at radius 2 is 1.82 bits per heavy atom. The number of hydrogen-bond donors (Lipinski definition) is 1. The van der Waals surface area contributed by atoms with E-state index < -0.39 is 29.1 Å². The second-order valence-electron chi connectivity index (χ2n) is 9.99. The molecule has 0 bridgehead atoms. The van der Waals surface area contributed by atoms with E-state index in [0.29, 0.717) is 48.6 Å². The van der Waals surface area contributed by atoms with E-state index in [4.69, 9.17) is 4.74 Å². The maximum Gasteiger partial charge on any atom is 0.343 e. The highest BCUT2D eigenvalue weighted by atomic mass is 19.2. The van der Waals surface area contributed by atoms with Crippen molar-refractivity contribution in [2.75, 3.05) is 39.8 Å². The van der Waals surface area contributed by atoms with Gasteiger partial charge in [0, 0.05) is 43.7 Å². The lowest BCUT2D eigenvalue weighted by molar-refractivity contribution is -0.137. The molecule has 8 nitrogen and oxygen atoms in total. The van der Waals surface area contributed by atoms with E-state index in [-0.39, 0.29) is 12.5 Å². The van der Waals surface area contributed by atoms with Crippen molar-refractivity contribution in [1.29, 1.82) is 0 Å². The first-order valence-electron chi connectivity index (χ1n) is 11.5. The molecule has 0 radical (unpaired) electrons. The Morgan fingerprint density at radius 3 is 2.47 bits per heavy atom. The summed E-state index contributed by atoms with van der Waals surface area (Å²) in [6.07, 6.45) is 0.437. The molecule has 0 aliphatic carbocycles. The second kappa shape index (κ2) is 9.42. The van der Waals surface area contributed by atoms with Gasteiger partial charge in [-0.25, -0.2) is 13.6 Å². The Kier molecular flexibility index (Phi) is 6.73. The van der Waals surface area contributed by atoms with Gasteiger partial charge in [0.15, 0.2) is 11.6 Å². The van der Waals surface area contributed by atoms with Gasteiger partial charge in [-0.3, -0.25) is 4.79 Å². The smallest absolute Gasteiger partial charge is 0.343 e. The van der Waals surface area contributed by atoms with Crippen LogP contribution in [0.25, 0.3) is 11.3 Å². The number of hydrogen-bond acceptors (Lipinski definition) is 5. The average molecular weight is 476 g/mol. The summed E-state index contributed by atoms with van der Waals surface area (Å²) in [4.78, 5) is 30.7. The summed E-state index contributed by atoms with van der Waals surface area (Å²) in [6, 6.07) is 2.23. The Labute approximate surface area is 197 Å². The molecular formula is C24H31F2N5O3. The summed E-state index contributed by atoms with van der Waals surface area (Å²) in [5.74, 6) is -2.08. The highest BCUT2D eigenvalue weighted by Crippen LogP contribution is 2.30. The van der Waals surface area contributed by atoms with Gasteiger partial charge in [-0.15, -0.1) is 0 Å². The van der Waals surface area contributed by atoms with E-state index in [9.17, 15) is 18.4 Å². The number of fused-ring (bicyclic) bond motifs is 1. The number of nitrogens with zero attached hydrogens (tertiary/aromatic N) is 4. The third kappa shape index (κ3) is 4.83. The van der Waals surface area contributed by atoms with Gasteiger partial charge in [0.1, 0.15) is 6.04 Å². The maximum absolute atomic E-state index is 13.9. The number of carbonyl (C=O) groups is 2. The van der Waals surface area contributed by atoms with Crippen molar-refractivity contribution in [2.45, 2.75) is 39.8 Å². The first-order chi connectivity index (χ1) is 16.1. The molecule has 2 aliphatic rings. The largest absolute Gasteiger partial charge is 0.376 e. The van der Waals surface area contributed by atoms with Crippen LogP contribution in [0.15, 0.2) is 18.2 Å². The summed E-state index contributed by atoms with van der Waals surface area (Å²) in [7, 11) is 2.01. The number of rotatable bonds is 3. The Hall–Kier alpha value is -2.85. The lowest BCUT2D eigenvalue weighted by Gasteiger charge is -2.38. The fourth-order valence-electron chi connectivity index (χ4n) is 4.32. The molecule has 1 saturated heterocycles. The Balaban J connectivity index is 1.64. The predicted octanol–water partition coefficient (Wildman–Crippen LogP) is 2.65. The minimum absolute atomic E-state index is 0.126. The lowest BCUT2D eigenvalue weighted by Crippen LogP contribution is -2.58. The molecule has 4 rings (SSSR count). The maximum atomic E-state index is 13.9. The zero-order valence-corrected chi connectivity index (χ0v) is 20.0. The topological polar surface area (TPSA) is 79.7 Å². The molecule has 1 aromatic carbocycles. The van der Waals surface area contributed by atoms with Crippen LogP contribution in [-0.2, 0) is 22.6 Å². The number of ether oxygens (including phenoxy) is 1. The quantitative estimate of drug-likeness (QED) is 0.739. The van der Waals surface area contributed by atoms with E-state index in [1.54, 1.807) is 4.90 Å². The van der Waals surface area contributed by atoms with Crippen molar-refractivity contribution in [2.24, 2.45) is 5.41 Å². The molecule has 1 fully saturated rings. The molecule has 2 aliphatic heterocycles. The summed E-state index contributed by atoms with van der Waals surface area (Å²) < 4.78 is 34.1. The number of carbonyl (C=O) groups excluding carboxylic acids is 2. The average Bonchev–Trinajstić information content (AvgIpc) is 3.18.